The molecule has 1 heterocycles. The number of carbonyl (C=O) groups excluding carboxylic acids is 1. The fraction of sp³-hybridized carbons (Fsp3) is 0.400. The van der Waals surface area contributed by atoms with Gasteiger partial charge in [-0.15, -0.1) is 0 Å². The van der Waals surface area contributed by atoms with Gasteiger partial charge in [0.2, 0.25) is 0 Å². The Labute approximate surface area is 166 Å². The number of nitrogens with zero attached hydrogens (tertiary/aromatic N) is 1. The zero-order valence-corrected chi connectivity index (χ0v) is 16.1. The van der Waals surface area contributed by atoms with Crippen LogP contribution in [-0.4, -0.2) is 35.1 Å². The number of rotatable bonds is 9. The van der Waals surface area contributed by atoms with E-state index in [2.05, 4.69) is 4.98 Å². The summed E-state index contributed by atoms with van der Waals surface area (Å²) in [5.41, 5.74) is 1.83. The molecular weight excluding hydrogens is 387 g/mol. The number of hydrogen-bond donors (Lipinski definition) is 3. The van der Waals surface area contributed by atoms with Crippen molar-refractivity contribution in [3.05, 3.63) is 53.9 Å². The highest BCUT2D eigenvalue weighted by Crippen LogP contribution is 2.28. The van der Waals surface area contributed by atoms with Gasteiger partial charge < -0.3 is 10.4 Å². The summed E-state index contributed by atoms with van der Waals surface area (Å²) in [4.78, 5) is 20.5. The number of carbonyl (C=O) groups is 1. The van der Waals surface area contributed by atoms with Gasteiger partial charge in [0, 0.05) is 11.8 Å². The minimum atomic E-state index is -3.28. The van der Waals surface area contributed by atoms with E-state index in [0.29, 0.717) is 12.1 Å². The third kappa shape index (κ3) is 5.31. The molecule has 0 aliphatic heterocycles. The summed E-state index contributed by atoms with van der Waals surface area (Å²) in [7, 11) is 0. The van der Waals surface area contributed by atoms with E-state index in [1.807, 2.05) is 19.9 Å². The molecule has 1 amide bonds. The van der Waals surface area contributed by atoms with Crippen LogP contribution in [0.2, 0.25) is 0 Å². The van der Waals surface area contributed by atoms with Gasteiger partial charge in [-0.3, -0.25) is 14.6 Å². The molecule has 0 fully saturated rings. The van der Waals surface area contributed by atoms with E-state index < -0.39 is 36.8 Å². The molecular formula is C20H24F3N3O3. The van der Waals surface area contributed by atoms with Crippen LogP contribution in [0.5, 0.6) is 0 Å². The molecule has 1 unspecified atom stereocenters. The van der Waals surface area contributed by atoms with Crippen LogP contribution in [0, 0.1) is 0 Å². The van der Waals surface area contributed by atoms with Crippen LogP contribution < -0.4 is 11.2 Å². The third-order valence-corrected chi connectivity index (χ3v) is 4.90. The summed E-state index contributed by atoms with van der Waals surface area (Å²) in [6, 6.07) is 8.59. The Bertz CT molecular complexity index is 797. The maximum absolute atomic E-state index is 13.1. The molecule has 0 bridgehead atoms. The number of nitrogens with two attached hydrogens (primary N) is 1. The van der Waals surface area contributed by atoms with E-state index in [4.69, 9.17) is 10.7 Å². The molecule has 2 rings (SSSR count). The molecule has 2 aromatic rings. The van der Waals surface area contributed by atoms with Crippen molar-refractivity contribution in [1.29, 1.82) is 0 Å². The van der Waals surface area contributed by atoms with Crippen molar-refractivity contribution in [2.24, 2.45) is 5.90 Å². The van der Waals surface area contributed by atoms with Crippen LogP contribution in [0.3, 0.4) is 0 Å². The van der Waals surface area contributed by atoms with E-state index in [9.17, 15) is 23.1 Å². The van der Waals surface area contributed by atoms with E-state index in [1.165, 1.54) is 12.1 Å². The number of pyridine rings is 1. The van der Waals surface area contributed by atoms with Gasteiger partial charge in [-0.2, -0.15) is 8.78 Å². The second kappa shape index (κ2) is 9.82. The lowest BCUT2D eigenvalue weighted by molar-refractivity contribution is -0.133. The lowest BCUT2D eigenvalue weighted by Crippen LogP contribution is -2.43. The first-order valence-corrected chi connectivity index (χ1v) is 9.03. The molecule has 3 atom stereocenters. The maximum Gasteiger partial charge on any atom is 0.315 e. The topological polar surface area (TPSA) is 97.5 Å². The Morgan fingerprint density at radius 3 is 2.31 bits per heavy atom. The first-order chi connectivity index (χ1) is 13.8. The summed E-state index contributed by atoms with van der Waals surface area (Å²) >= 11 is 0. The SMILES string of the molecule is CCC(C)(ON)c1ccc(-c2ccc([C@@H](O)[C@@H](CF)NC(=O)C(F)F)cc2)cn1. The van der Waals surface area contributed by atoms with E-state index in [1.54, 1.807) is 29.7 Å². The van der Waals surface area contributed by atoms with E-state index >= 15 is 0 Å². The fourth-order valence-electron chi connectivity index (χ4n) is 2.75. The van der Waals surface area contributed by atoms with E-state index in [-0.39, 0.29) is 5.56 Å². The molecule has 1 aromatic heterocycles. The average molecular weight is 411 g/mol. The number of benzene rings is 1. The zero-order valence-electron chi connectivity index (χ0n) is 16.1. The number of halogens is 3. The Hall–Kier alpha value is -2.49. The zero-order chi connectivity index (χ0) is 21.6. The van der Waals surface area contributed by atoms with Crippen molar-refractivity contribution in [3.8, 4) is 11.1 Å². The largest absolute Gasteiger partial charge is 0.386 e. The number of nitrogens with one attached hydrogen (secondary N) is 1. The molecule has 6 nitrogen and oxygen atoms in total. The number of hydrogen-bond acceptors (Lipinski definition) is 5. The third-order valence-electron chi connectivity index (χ3n) is 4.90. The minimum Gasteiger partial charge on any atom is -0.386 e. The first kappa shape index (κ1) is 22.8. The quantitative estimate of drug-likeness (QED) is 0.551. The van der Waals surface area contributed by atoms with Crippen molar-refractivity contribution in [1.82, 2.24) is 10.3 Å². The van der Waals surface area contributed by atoms with Crippen LogP contribution in [0.25, 0.3) is 11.1 Å². The summed E-state index contributed by atoms with van der Waals surface area (Å²) in [5.74, 6) is 3.74. The number of aromatic nitrogens is 1. The van der Waals surface area contributed by atoms with Crippen molar-refractivity contribution < 1.29 is 27.9 Å². The van der Waals surface area contributed by atoms with Crippen LogP contribution in [-0.2, 0) is 15.2 Å². The smallest absolute Gasteiger partial charge is 0.315 e. The number of aliphatic hydroxyl groups excluding tert-OH is 1. The Morgan fingerprint density at radius 2 is 1.86 bits per heavy atom. The van der Waals surface area contributed by atoms with Gasteiger partial charge in [0.05, 0.1) is 11.7 Å². The second-order valence-electron chi connectivity index (χ2n) is 6.77. The first-order valence-electron chi connectivity index (χ1n) is 9.03. The second-order valence-corrected chi connectivity index (χ2v) is 6.77. The van der Waals surface area contributed by atoms with Crippen LogP contribution in [0.15, 0.2) is 42.6 Å². The Kier molecular flexibility index (Phi) is 7.72. The summed E-state index contributed by atoms with van der Waals surface area (Å²) < 4.78 is 37.8. The van der Waals surface area contributed by atoms with Gasteiger partial charge in [0.15, 0.2) is 0 Å². The average Bonchev–Trinajstić information content (AvgIpc) is 2.76. The molecule has 0 radical (unpaired) electrons. The van der Waals surface area contributed by atoms with Crippen LogP contribution in [0.1, 0.15) is 37.6 Å². The van der Waals surface area contributed by atoms with Crippen LogP contribution in [0.4, 0.5) is 13.2 Å². The minimum absolute atomic E-state index is 0.283. The molecule has 0 spiro atoms. The Morgan fingerprint density at radius 1 is 1.24 bits per heavy atom. The molecule has 0 aliphatic carbocycles. The van der Waals surface area contributed by atoms with Crippen LogP contribution >= 0.6 is 0 Å². The monoisotopic (exact) mass is 411 g/mol. The standard InChI is InChI=1S/C20H24F3N3O3/c1-3-20(2,29-24)16-9-8-14(11-25-16)12-4-6-13(7-5-12)17(27)15(10-21)26-19(28)18(22)23/h4-9,11,15,17-18,27H,3,10,24H2,1-2H3,(H,26,28)/t15-,17-,20?/m1/s1. The number of amides is 1. The van der Waals surface area contributed by atoms with Crippen molar-refractivity contribution in [2.75, 3.05) is 6.67 Å². The molecule has 0 saturated carbocycles. The summed E-state index contributed by atoms with van der Waals surface area (Å²) in [6.45, 7) is 2.58. The van der Waals surface area contributed by atoms with Gasteiger partial charge in [-0.25, -0.2) is 10.3 Å². The predicted octanol–water partition coefficient (Wildman–Crippen LogP) is 3.02. The summed E-state index contributed by atoms with van der Waals surface area (Å²) in [6.07, 6.45) is -2.46. The number of alkyl halides is 3. The normalized spacial score (nSPS) is 15.6. The maximum atomic E-state index is 13.1. The highest BCUT2D eigenvalue weighted by atomic mass is 19.3. The summed E-state index contributed by atoms with van der Waals surface area (Å²) in [5, 5.41) is 12.0. The molecule has 0 saturated heterocycles. The Balaban J connectivity index is 2.16. The molecule has 4 N–H and O–H groups in total. The van der Waals surface area contributed by atoms with Crippen molar-refractivity contribution in [2.45, 2.75) is 44.4 Å². The van der Waals surface area contributed by atoms with Gasteiger partial charge in [-0.1, -0.05) is 37.3 Å². The molecule has 0 aliphatic rings. The molecule has 9 heteroatoms. The lowest BCUT2D eigenvalue weighted by Gasteiger charge is -2.24. The molecule has 1 aromatic carbocycles. The fourth-order valence-corrected chi connectivity index (χ4v) is 2.75. The number of aliphatic hydroxyl groups is 1. The van der Waals surface area contributed by atoms with E-state index in [0.717, 1.165) is 11.1 Å². The molecule has 29 heavy (non-hydrogen) atoms. The molecule has 158 valence electrons. The van der Waals surface area contributed by atoms with Gasteiger partial charge in [-0.05, 0) is 30.5 Å². The highest BCUT2D eigenvalue weighted by molar-refractivity contribution is 5.79. The van der Waals surface area contributed by atoms with Gasteiger partial charge in [0.25, 0.3) is 5.91 Å². The van der Waals surface area contributed by atoms with Crippen molar-refractivity contribution >= 4 is 5.91 Å². The van der Waals surface area contributed by atoms with Gasteiger partial charge in [0.1, 0.15) is 18.4 Å². The lowest BCUT2D eigenvalue weighted by atomic mass is 9.96. The van der Waals surface area contributed by atoms with Gasteiger partial charge >= 0.3 is 6.43 Å². The van der Waals surface area contributed by atoms with Crippen molar-refractivity contribution in [3.63, 3.8) is 0 Å². The highest BCUT2D eigenvalue weighted by Gasteiger charge is 2.27. The predicted molar refractivity (Wildman–Crippen MR) is 101 cm³/mol.